The average molecular weight is 283 g/mol. The van der Waals surface area contributed by atoms with Gasteiger partial charge in [0.25, 0.3) is 5.91 Å². The lowest BCUT2D eigenvalue weighted by Gasteiger charge is -2.32. The van der Waals surface area contributed by atoms with Gasteiger partial charge in [0.2, 0.25) is 0 Å². The van der Waals surface area contributed by atoms with E-state index in [2.05, 4.69) is 0 Å². The highest BCUT2D eigenvalue weighted by Gasteiger charge is 2.25. The van der Waals surface area contributed by atoms with Crippen LogP contribution >= 0.6 is 11.6 Å². The van der Waals surface area contributed by atoms with Crippen molar-refractivity contribution < 1.29 is 9.53 Å². The summed E-state index contributed by atoms with van der Waals surface area (Å²) < 4.78 is 5.58. The number of nitrogens with zero attached hydrogens (tertiary/aromatic N) is 1. The summed E-state index contributed by atoms with van der Waals surface area (Å²) in [5, 5.41) is 0.347. The fourth-order valence-corrected chi connectivity index (χ4v) is 2.55. The van der Waals surface area contributed by atoms with E-state index in [1.165, 1.54) is 0 Å². The summed E-state index contributed by atoms with van der Waals surface area (Å²) in [6.07, 6.45) is 2.02. The zero-order valence-electron chi connectivity index (χ0n) is 11.1. The molecule has 2 N–H and O–H groups in total. The van der Waals surface area contributed by atoms with Gasteiger partial charge in [-0.05, 0) is 31.9 Å². The Morgan fingerprint density at radius 1 is 1.47 bits per heavy atom. The van der Waals surface area contributed by atoms with Gasteiger partial charge in [-0.25, -0.2) is 0 Å². The number of carbonyl (C=O) groups excluding carboxylic acids is 1. The van der Waals surface area contributed by atoms with Crippen LogP contribution in [0.4, 0.5) is 5.69 Å². The standard InChI is InChI=1S/C14H19ClN2O2/c1-2-19-10-6-8-17(9-7-10)14(18)11-4-3-5-12(16)13(11)15/h3-5,10H,2,6-9,16H2,1H3. The number of ether oxygens (including phenoxy) is 1. The molecule has 2 rings (SSSR count). The molecule has 0 saturated carbocycles. The van der Waals surface area contributed by atoms with E-state index in [0.717, 1.165) is 19.4 Å². The molecule has 1 amide bonds. The number of hydrogen-bond acceptors (Lipinski definition) is 3. The first kappa shape index (κ1) is 14.2. The number of nitrogen functional groups attached to an aromatic ring is 1. The number of rotatable bonds is 3. The number of carbonyl (C=O) groups is 1. The summed E-state index contributed by atoms with van der Waals surface area (Å²) in [7, 11) is 0. The first-order valence-corrected chi connectivity index (χ1v) is 6.96. The van der Waals surface area contributed by atoms with Gasteiger partial charge >= 0.3 is 0 Å². The predicted octanol–water partition coefficient (Wildman–Crippen LogP) is 2.56. The van der Waals surface area contributed by atoms with Gasteiger partial charge in [0.15, 0.2) is 0 Å². The third kappa shape index (κ3) is 3.19. The topological polar surface area (TPSA) is 55.6 Å². The molecule has 0 aromatic heterocycles. The number of amides is 1. The Labute approximate surface area is 118 Å². The van der Waals surface area contributed by atoms with E-state index < -0.39 is 0 Å². The van der Waals surface area contributed by atoms with Crippen LogP contribution in [0.25, 0.3) is 0 Å². The van der Waals surface area contributed by atoms with E-state index in [-0.39, 0.29) is 12.0 Å². The maximum Gasteiger partial charge on any atom is 0.255 e. The summed E-state index contributed by atoms with van der Waals surface area (Å²) in [6, 6.07) is 5.16. The van der Waals surface area contributed by atoms with E-state index in [0.29, 0.717) is 29.4 Å². The third-order valence-corrected chi connectivity index (χ3v) is 3.81. The summed E-state index contributed by atoms with van der Waals surface area (Å²) in [6.45, 7) is 4.12. The highest BCUT2D eigenvalue weighted by molar-refractivity contribution is 6.36. The fraction of sp³-hybridized carbons (Fsp3) is 0.500. The van der Waals surface area contributed by atoms with Gasteiger partial charge in [-0.2, -0.15) is 0 Å². The number of benzene rings is 1. The Morgan fingerprint density at radius 3 is 2.79 bits per heavy atom. The lowest BCUT2D eigenvalue weighted by atomic mass is 10.1. The molecule has 19 heavy (non-hydrogen) atoms. The van der Waals surface area contributed by atoms with Gasteiger partial charge in [-0.3, -0.25) is 4.79 Å². The molecule has 0 radical (unpaired) electrons. The molecule has 0 bridgehead atoms. The molecule has 0 atom stereocenters. The zero-order valence-corrected chi connectivity index (χ0v) is 11.8. The van der Waals surface area contributed by atoms with Gasteiger partial charge in [0, 0.05) is 19.7 Å². The van der Waals surface area contributed by atoms with Gasteiger partial charge in [-0.1, -0.05) is 17.7 Å². The fourth-order valence-electron chi connectivity index (χ4n) is 2.35. The largest absolute Gasteiger partial charge is 0.398 e. The number of hydrogen-bond donors (Lipinski definition) is 1. The second-order valence-corrected chi connectivity index (χ2v) is 5.03. The van der Waals surface area contributed by atoms with Crippen molar-refractivity contribution in [2.45, 2.75) is 25.9 Å². The van der Waals surface area contributed by atoms with Crippen molar-refractivity contribution in [1.29, 1.82) is 0 Å². The number of nitrogens with two attached hydrogens (primary N) is 1. The van der Waals surface area contributed by atoms with E-state index in [1.54, 1.807) is 18.2 Å². The molecule has 4 nitrogen and oxygen atoms in total. The molecular formula is C14H19ClN2O2. The molecule has 1 aromatic carbocycles. The van der Waals surface area contributed by atoms with Gasteiger partial charge in [-0.15, -0.1) is 0 Å². The van der Waals surface area contributed by atoms with Crippen molar-refractivity contribution in [3.05, 3.63) is 28.8 Å². The molecule has 1 aliphatic heterocycles. The first-order valence-electron chi connectivity index (χ1n) is 6.58. The second kappa shape index (κ2) is 6.26. The number of anilines is 1. The Bertz CT molecular complexity index is 457. The monoisotopic (exact) mass is 282 g/mol. The zero-order chi connectivity index (χ0) is 13.8. The average Bonchev–Trinajstić information content (AvgIpc) is 2.42. The number of halogens is 1. The van der Waals surface area contributed by atoms with Crippen molar-refractivity contribution in [3.63, 3.8) is 0 Å². The van der Waals surface area contributed by atoms with Crippen molar-refractivity contribution >= 4 is 23.2 Å². The molecule has 1 aliphatic rings. The molecule has 1 saturated heterocycles. The van der Waals surface area contributed by atoms with Crippen molar-refractivity contribution in [2.24, 2.45) is 0 Å². The molecule has 0 aliphatic carbocycles. The molecule has 5 heteroatoms. The van der Waals surface area contributed by atoms with Crippen LogP contribution in [0.5, 0.6) is 0 Å². The van der Waals surface area contributed by atoms with E-state index in [4.69, 9.17) is 22.1 Å². The Kier molecular flexibility index (Phi) is 4.66. The minimum atomic E-state index is -0.0488. The van der Waals surface area contributed by atoms with Crippen LogP contribution in [-0.2, 0) is 4.74 Å². The maximum absolute atomic E-state index is 12.4. The predicted molar refractivity (Wildman–Crippen MR) is 76.4 cm³/mol. The van der Waals surface area contributed by atoms with Crippen LogP contribution in [-0.4, -0.2) is 36.6 Å². The Morgan fingerprint density at radius 2 is 2.16 bits per heavy atom. The summed E-state index contributed by atoms with van der Waals surface area (Å²) in [5.74, 6) is -0.0488. The normalized spacial score (nSPS) is 16.6. The van der Waals surface area contributed by atoms with Crippen LogP contribution in [0.15, 0.2) is 18.2 Å². The molecule has 1 fully saturated rings. The summed E-state index contributed by atoms with van der Waals surface area (Å²) >= 11 is 6.09. The lowest BCUT2D eigenvalue weighted by molar-refractivity contribution is 0.0146. The van der Waals surface area contributed by atoms with Gasteiger partial charge < -0.3 is 15.4 Å². The van der Waals surface area contributed by atoms with Crippen LogP contribution in [0.1, 0.15) is 30.1 Å². The van der Waals surface area contributed by atoms with Crippen LogP contribution in [0.3, 0.4) is 0 Å². The number of likely N-dealkylation sites (tertiary alicyclic amines) is 1. The highest BCUT2D eigenvalue weighted by Crippen LogP contribution is 2.25. The smallest absolute Gasteiger partial charge is 0.255 e. The molecule has 1 heterocycles. The van der Waals surface area contributed by atoms with Gasteiger partial charge in [0.05, 0.1) is 22.4 Å². The molecule has 104 valence electrons. The maximum atomic E-state index is 12.4. The van der Waals surface area contributed by atoms with E-state index in [9.17, 15) is 4.79 Å². The molecular weight excluding hydrogens is 264 g/mol. The molecule has 1 aromatic rings. The van der Waals surface area contributed by atoms with Crippen LogP contribution < -0.4 is 5.73 Å². The van der Waals surface area contributed by atoms with E-state index >= 15 is 0 Å². The van der Waals surface area contributed by atoms with Crippen molar-refractivity contribution in [2.75, 3.05) is 25.4 Å². The summed E-state index contributed by atoms with van der Waals surface area (Å²) in [5.41, 5.74) is 6.65. The van der Waals surface area contributed by atoms with Gasteiger partial charge in [0.1, 0.15) is 0 Å². The Hall–Kier alpha value is -1.26. The lowest BCUT2D eigenvalue weighted by Crippen LogP contribution is -2.41. The SMILES string of the molecule is CCOC1CCN(C(=O)c2cccc(N)c2Cl)CC1. The highest BCUT2D eigenvalue weighted by atomic mass is 35.5. The second-order valence-electron chi connectivity index (χ2n) is 4.66. The summed E-state index contributed by atoms with van der Waals surface area (Å²) in [4.78, 5) is 14.2. The molecule has 0 unspecified atom stereocenters. The van der Waals surface area contributed by atoms with Crippen molar-refractivity contribution in [1.82, 2.24) is 4.90 Å². The Balaban J connectivity index is 2.03. The number of piperidine rings is 1. The third-order valence-electron chi connectivity index (χ3n) is 3.39. The van der Waals surface area contributed by atoms with Crippen molar-refractivity contribution in [3.8, 4) is 0 Å². The quantitative estimate of drug-likeness (QED) is 0.867. The van der Waals surface area contributed by atoms with Crippen LogP contribution in [0, 0.1) is 0 Å². The van der Waals surface area contributed by atoms with Crippen LogP contribution in [0.2, 0.25) is 5.02 Å². The van der Waals surface area contributed by atoms with E-state index in [1.807, 2.05) is 11.8 Å². The first-order chi connectivity index (χ1) is 9.13. The minimum absolute atomic E-state index is 0.0488. The minimum Gasteiger partial charge on any atom is -0.398 e. The molecule has 0 spiro atoms.